The van der Waals surface area contributed by atoms with Crippen molar-refractivity contribution in [3.63, 3.8) is 0 Å². The maximum absolute atomic E-state index is 14.6. The minimum atomic E-state index is -0.907. The zero-order chi connectivity index (χ0) is 19.1. The summed E-state index contributed by atoms with van der Waals surface area (Å²) >= 11 is 0. The molecule has 2 atom stereocenters. The summed E-state index contributed by atoms with van der Waals surface area (Å²) in [6.07, 6.45) is 0.446. The number of halogens is 2. The Morgan fingerprint density at radius 2 is 1.44 bits per heavy atom. The van der Waals surface area contributed by atoms with Crippen LogP contribution < -0.4 is 0 Å². The first-order valence-corrected chi connectivity index (χ1v) is 8.55. The van der Waals surface area contributed by atoms with Gasteiger partial charge >= 0.3 is 5.97 Å². The highest BCUT2D eigenvalue weighted by Gasteiger charge is 2.45. The summed E-state index contributed by atoms with van der Waals surface area (Å²) in [4.78, 5) is 11.0. The third-order valence-electron chi connectivity index (χ3n) is 4.99. The zero-order valence-corrected chi connectivity index (χ0v) is 14.2. The van der Waals surface area contributed by atoms with Crippen molar-refractivity contribution in [2.45, 2.75) is 12.3 Å². The number of carboxylic acid groups (broad SMARTS) is 1. The second kappa shape index (κ2) is 6.50. The molecule has 0 bridgehead atoms. The summed E-state index contributed by atoms with van der Waals surface area (Å²) in [5.41, 5.74) is 2.48. The lowest BCUT2D eigenvalue weighted by Gasteiger charge is -2.09. The van der Waals surface area contributed by atoms with E-state index >= 15 is 0 Å². The maximum Gasteiger partial charge on any atom is 0.307 e. The van der Waals surface area contributed by atoms with Gasteiger partial charge in [0.05, 0.1) is 5.92 Å². The van der Waals surface area contributed by atoms with E-state index in [9.17, 15) is 18.7 Å². The minimum absolute atomic E-state index is 0.104. The summed E-state index contributed by atoms with van der Waals surface area (Å²) in [5.74, 6) is -2.53. The molecule has 5 heteroatoms. The van der Waals surface area contributed by atoms with Crippen LogP contribution >= 0.6 is 0 Å². The molecule has 1 aliphatic rings. The van der Waals surface area contributed by atoms with E-state index < -0.39 is 23.5 Å². The molecule has 0 spiro atoms. The molecule has 27 heavy (non-hydrogen) atoms. The molecule has 3 nitrogen and oxygen atoms in total. The van der Waals surface area contributed by atoms with Crippen LogP contribution in [0.3, 0.4) is 0 Å². The molecule has 1 aliphatic carbocycles. The number of carbonyl (C=O) groups is 1. The highest BCUT2D eigenvalue weighted by Crippen LogP contribution is 2.48. The number of benzene rings is 3. The fraction of sp³-hybridized carbons (Fsp3) is 0.136. The van der Waals surface area contributed by atoms with Gasteiger partial charge in [-0.2, -0.15) is 0 Å². The summed E-state index contributed by atoms with van der Waals surface area (Å²) in [6.45, 7) is 0. The van der Waals surface area contributed by atoms with E-state index in [1.807, 2.05) is 0 Å². The van der Waals surface area contributed by atoms with Gasteiger partial charge in [0.2, 0.25) is 0 Å². The number of phenols is 1. The number of hydrogen-bond donors (Lipinski definition) is 2. The van der Waals surface area contributed by atoms with Crippen LogP contribution in [0.25, 0.3) is 22.3 Å². The second-order valence-electron chi connectivity index (χ2n) is 6.76. The van der Waals surface area contributed by atoms with Crippen LogP contribution in [0.1, 0.15) is 17.9 Å². The summed E-state index contributed by atoms with van der Waals surface area (Å²) in [6, 6.07) is 15.5. The zero-order valence-electron chi connectivity index (χ0n) is 14.2. The largest absolute Gasteiger partial charge is 0.508 e. The molecule has 0 radical (unpaired) electrons. The molecule has 0 amide bonds. The van der Waals surface area contributed by atoms with E-state index in [0.717, 1.165) is 0 Å². The Bertz CT molecular complexity index is 1030. The second-order valence-corrected chi connectivity index (χ2v) is 6.76. The SMILES string of the molecule is O=C(O)C1CC1c1ccc(-c2ccc(-c3ccc(O)cc3)c(F)c2)cc1F. The highest BCUT2D eigenvalue weighted by atomic mass is 19.1. The van der Waals surface area contributed by atoms with Crippen molar-refractivity contribution in [3.8, 4) is 28.0 Å². The quantitative estimate of drug-likeness (QED) is 0.668. The minimum Gasteiger partial charge on any atom is -0.508 e. The third-order valence-corrected chi connectivity index (χ3v) is 4.99. The van der Waals surface area contributed by atoms with Crippen LogP contribution in [0.15, 0.2) is 60.7 Å². The van der Waals surface area contributed by atoms with Crippen LogP contribution in [0, 0.1) is 17.6 Å². The van der Waals surface area contributed by atoms with Gasteiger partial charge < -0.3 is 10.2 Å². The van der Waals surface area contributed by atoms with Crippen molar-refractivity contribution in [2.24, 2.45) is 5.92 Å². The number of phenolic OH excluding ortho intramolecular Hbond substituents is 1. The Morgan fingerprint density at radius 1 is 0.852 bits per heavy atom. The van der Waals surface area contributed by atoms with E-state index in [1.54, 1.807) is 36.4 Å². The molecule has 0 aliphatic heterocycles. The van der Waals surface area contributed by atoms with Gasteiger partial charge in [-0.15, -0.1) is 0 Å². The number of aromatic hydroxyl groups is 1. The van der Waals surface area contributed by atoms with Gasteiger partial charge in [0.1, 0.15) is 17.4 Å². The summed E-state index contributed by atoms with van der Waals surface area (Å²) < 4.78 is 29.0. The summed E-state index contributed by atoms with van der Waals surface area (Å²) in [7, 11) is 0. The van der Waals surface area contributed by atoms with Crippen LogP contribution in [0.4, 0.5) is 8.78 Å². The van der Waals surface area contributed by atoms with Crippen molar-refractivity contribution < 1.29 is 23.8 Å². The number of carboxylic acids is 1. The van der Waals surface area contributed by atoms with E-state index in [4.69, 9.17) is 5.11 Å². The first-order chi connectivity index (χ1) is 12.9. The number of aliphatic carboxylic acids is 1. The van der Waals surface area contributed by atoms with Crippen molar-refractivity contribution in [3.05, 3.63) is 77.9 Å². The van der Waals surface area contributed by atoms with Gasteiger partial charge in [0.15, 0.2) is 0 Å². The molecule has 1 saturated carbocycles. The molecule has 136 valence electrons. The molecule has 4 rings (SSSR count). The Kier molecular flexibility index (Phi) is 4.15. The third kappa shape index (κ3) is 3.28. The van der Waals surface area contributed by atoms with Gasteiger partial charge in [-0.1, -0.05) is 36.4 Å². The van der Waals surface area contributed by atoms with Crippen molar-refractivity contribution in [1.82, 2.24) is 0 Å². The fourth-order valence-corrected chi connectivity index (χ4v) is 3.39. The Balaban J connectivity index is 1.62. The molecular formula is C22H16F2O3. The van der Waals surface area contributed by atoms with Gasteiger partial charge in [0, 0.05) is 11.5 Å². The van der Waals surface area contributed by atoms with E-state index in [0.29, 0.717) is 34.2 Å². The Morgan fingerprint density at radius 3 is 2.00 bits per heavy atom. The van der Waals surface area contributed by atoms with Crippen molar-refractivity contribution in [1.29, 1.82) is 0 Å². The lowest BCUT2D eigenvalue weighted by Crippen LogP contribution is -2.00. The molecule has 1 fully saturated rings. The molecule has 0 heterocycles. The van der Waals surface area contributed by atoms with Gasteiger partial charge in [-0.05, 0) is 52.9 Å². The van der Waals surface area contributed by atoms with Gasteiger partial charge in [0.25, 0.3) is 0 Å². The van der Waals surface area contributed by atoms with Crippen LogP contribution in [0.2, 0.25) is 0 Å². The average Bonchev–Trinajstić information content (AvgIpc) is 3.43. The smallest absolute Gasteiger partial charge is 0.307 e. The predicted octanol–water partition coefficient (Wildman–Crippen LogP) is 5.19. The van der Waals surface area contributed by atoms with Crippen molar-refractivity contribution in [2.75, 3.05) is 0 Å². The van der Waals surface area contributed by atoms with Crippen molar-refractivity contribution >= 4 is 5.97 Å². The fourth-order valence-electron chi connectivity index (χ4n) is 3.39. The average molecular weight is 366 g/mol. The lowest BCUT2D eigenvalue weighted by atomic mass is 9.97. The van der Waals surface area contributed by atoms with E-state index in [-0.39, 0.29) is 11.7 Å². The monoisotopic (exact) mass is 366 g/mol. The Labute approximate surface area is 154 Å². The number of hydrogen-bond acceptors (Lipinski definition) is 2. The highest BCUT2D eigenvalue weighted by molar-refractivity contribution is 5.76. The molecule has 2 unspecified atom stereocenters. The van der Waals surface area contributed by atoms with E-state index in [2.05, 4.69) is 0 Å². The van der Waals surface area contributed by atoms with Crippen LogP contribution in [0.5, 0.6) is 5.75 Å². The normalized spacial score (nSPS) is 18.3. The van der Waals surface area contributed by atoms with Crippen LogP contribution in [-0.2, 0) is 4.79 Å². The molecule has 2 N–H and O–H groups in total. The number of rotatable bonds is 4. The first-order valence-electron chi connectivity index (χ1n) is 8.55. The molecular weight excluding hydrogens is 350 g/mol. The topological polar surface area (TPSA) is 57.5 Å². The molecule has 3 aromatic carbocycles. The molecule has 0 aromatic heterocycles. The van der Waals surface area contributed by atoms with Gasteiger partial charge in [-0.25, -0.2) is 8.78 Å². The van der Waals surface area contributed by atoms with Gasteiger partial charge in [-0.3, -0.25) is 4.79 Å². The lowest BCUT2D eigenvalue weighted by molar-refractivity contribution is -0.138. The summed E-state index contributed by atoms with van der Waals surface area (Å²) in [5, 5.41) is 18.3. The Hall–Kier alpha value is -3.21. The molecule has 0 saturated heterocycles. The molecule has 3 aromatic rings. The standard InChI is InChI=1S/C22H16F2O3/c23-20-9-13(3-7-16(20)12-1-5-15(25)6-2-12)14-4-8-17(21(24)10-14)18-11-19(18)22(26)27/h1-10,18-19,25H,11H2,(H,26,27). The van der Waals surface area contributed by atoms with E-state index in [1.165, 1.54) is 24.3 Å². The van der Waals surface area contributed by atoms with Crippen LogP contribution in [-0.4, -0.2) is 16.2 Å². The first kappa shape index (κ1) is 17.2. The predicted molar refractivity (Wildman–Crippen MR) is 97.4 cm³/mol. The maximum atomic E-state index is 14.6.